The van der Waals surface area contributed by atoms with Gasteiger partial charge in [-0.3, -0.25) is 9.59 Å². The lowest BCUT2D eigenvalue weighted by atomic mass is 9.94. The first kappa shape index (κ1) is 21.9. The number of nitrogens with zero attached hydrogens (tertiary/aromatic N) is 1. The van der Waals surface area contributed by atoms with Crippen molar-refractivity contribution in [1.29, 1.82) is 0 Å². The fourth-order valence-corrected chi connectivity index (χ4v) is 4.31. The summed E-state index contributed by atoms with van der Waals surface area (Å²) in [6.07, 6.45) is 1.57. The highest BCUT2D eigenvalue weighted by molar-refractivity contribution is 6.46. The number of aliphatic hydroxyl groups is 1. The number of aryl methyl sites for hydroxylation is 1. The molecule has 1 amide bonds. The van der Waals surface area contributed by atoms with Gasteiger partial charge < -0.3 is 24.2 Å². The van der Waals surface area contributed by atoms with Crippen LogP contribution >= 0.6 is 0 Å². The molecule has 2 aliphatic rings. The largest absolute Gasteiger partial charge is 0.507 e. The summed E-state index contributed by atoms with van der Waals surface area (Å²) in [5.41, 5.74) is 2.14. The Hall–Kier alpha value is -3.32. The molecule has 32 heavy (non-hydrogen) atoms. The Morgan fingerprint density at radius 3 is 2.50 bits per heavy atom. The second kappa shape index (κ2) is 9.04. The molecule has 1 N–H and O–H groups in total. The maximum Gasteiger partial charge on any atom is 0.295 e. The third-order valence-corrected chi connectivity index (χ3v) is 6.02. The number of ether oxygens (including phenoxy) is 3. The number of hydrogen-bond acceptors (Lipinski definition) is 6. The van der Waals surface area contributed by atoms with Gasteiger partial charge >= 0.3 is 0 Å². The molecule has 0 saturated carbocycles. The molecule has 0 unspecified atom stereocenters. The molecule has 2 saturated heterocycles. The number of hydrogen-bond donors (Lipinski definition) is 1. The summed E-state index contributed by atoms with van der Waals surface area (Å²) in [5.74, 6) is -0.536. The van der Waals surface area contributed by atoms with Gasteiger partial charge in [0.1, 0.15) is 17.3 Å². The number of benzene rings is 2. The van der Waals surface area contributed by atoms with Crippen molar-refractivity contribution in [2.75, 3.05) is 27.4 Å². The summed E-state index contributed by atoms with van der Waals surface area (Å²) in [6.45, 7) is 2.83. The summed E-state index contributed by atoms with van der Waals surface area (Å²) in [7, 11) is 3.07. The van der Waals surface area contributed by atoms with Crippen molar-refractivity contribution in [3.05, 3.63) is 64.7 Å². The maximum atomic E-state index is 13.2. The van der Waals surface area contributed by atoms with E-state index in [-0.39, 0.29) is 24.0 Å². The highest BCUT2D eigenvalue weighted by Crippen LogP contribution is 2.44. The van der Waals surface area contributed by atoms with E-state index in [1.807, 2.05) is 19.1 Å². The molecule has 4 rings (SSSR count). The average Bonchev–Trinajstić information content (AvgIpc) is 3.41. The van der Waals surface area contributed by atoms with E-state index in [1.165, 1.54) is 12.0 Å². The van der Waals surface area contributed by atoms with Gasteiger partial charge in [-0.05, 0) is 31.9 Å². The van der Waals surface area contributed by atoms with Crippen LogP contribution in [0.1, 0.15) is 35.6 Å². The number of likely N-dealkylation sites (tertiary alicyclic amines) is 1. The van der Waals surface area contributed by atoms with E-state index in [9.17, 15) is 14.7 Å². The minimum absolute atomic E-state index is 0.0420. The predicted molar refractivity (Wildman–Crippen MR) is 119 cm³/mol. The van der Waals surface area contributed by atoms with Crippen molar-refractivity contribution in [3.8, 4) is 11.5 Å². The Morgan fingerprint density at radius 1 is 1.12 bits per heavy atom. The quantitative estimate of drug-likeness (QED) is 0.422. The molecule has 0 radical (unpaired) electrons. The third-order valence-electron chi connectivity index (χ3n) is 6.02. The highest BCUT2D eigenvalue weighted by Gasteiger charge is 2.48. The SMILES string of the molecule is COc1ccc([C@H]2C(=C(O)c3ccc(C)cc3)C(=O)C(=O)N2C[C@@H]2CCCO2)c(OC)c1. The zero-order chi connectivity index (χ0) is 22.8. The summed E-state index contributed by atoms with van der Waals surface area (Å²) < 4.78 is 16.6. The van der Waals surface area contributed by atoms with Crippen molar-refractivity contribution >= 4 is 17.4 Å². The molecular weight excluding hydrogens is 410 g/mol. The smallest absolute Gasteiger partial charge is 0.295 e. The zero-order valence-electron chi connectivity index (χ0n) is 18.5. The van der Waals surface area contributed by atoms with Crippen LogP contribution in [-0.2, 0) is 14.3 Å². The monoisotopic (exact) mass is 437 g/mol. The summed E-state index contributed by atoms with van der Waals surface area (Å²) >= 11 is 0. The van der Waals surface area contributed by atoms with Crippen LogP contribution in [0.3, 0.4) is 0 Å². The van der Waals surface area contributed by atoms with Crippen molar-refractivity contribution in [1.82, 2.24) is 4.90 Å². The molecule has 2 aromatic carbocycles. The topological polar surface area (TPSA) is 85.3 Å². The minimum Gasteiger partial charge on any atom is -0.507 e. The van der Waals surface area contributed by atoms with Gasteiger partial charge in [0, 0.05) is 30.3 Å². The van der Waals surface area contributed by atoms with Crippen molar-refractivity contribution in [2.45, 2.75) is 31.9 Å². The van der Waals surface area contributed by atoms with E-state index in [0.717, 1.165) is 18.4 Å². The second-order valence-corrected chi connectivity index (χ2v) is 8.06. The lowest BCUT2D eigenvalue weighted by molar-refractivity contribution is -0.140. The molecule has 7 heteroatoms. The number of ketones is 1. The third kappa shape index (κ3) is 3.96. The van der Waals surface area contributed by atoms with Gasteiger partial charge in [-0.2, -0.15) is 0 Å². The molecule has 2 aliphatic heterocycles. The van der Waals surface area contributed by atoms with Crippen LogP contribution in [0, 0.1) is 6.92 Å². The first-order chi connectivity index (χ1) is 15.4. The van der Waals surface area contributed by atoms with Gasteiger partial charge in [0.05, 0.1) is 31.9 Å². The van der Waals surface area contributed by atoms with E-state index in [2.05, 4.69) is 0 Å². The van der Waals surface area contributed by atoms with E-state index in [4.69, 9.17) is 14.2 Å². The van der Waals surface area contributed by atoms with Gasteiger partial charge in [-0.15, -0.1) is 0 Å². The Kier molecular flexibility index (Phi) is 6.19. The first-order valence-electron chi connectivity index (χ1n) is 10.6. The molecule has 2 fully saturated rings. The molecule has 168 valence electrons. The Morgan fingerprint density at radius 2 is 1.88 bits per heavy atom. The zero-order valence-corrected chi connectivity index (χ0v) is 18.5. The van der Waals surface area contributed by atoms with Gasteiger partial charge in [0.2, 0.25) is 0 Å². The summed E-state index contributed by atoms with van der Waals surface area (Å²) in [5, 5.41) is 11.2. The number of aliphatic hydroxyl groups excluding tert-OH is 1. The normalized spacial score (nSPS) is 22.4. The number of amides is 1. The first-order valence-corrected chi connectivity index (χ1v) is 10.6. The number of methoxy groups -OCH3 is 2. The van der Waals surface area contributed by atoms with E-state index >= 15 is 0 Å². The summed E-state index contributed by atoms with van der Waals surface area (Å²) in [6, 6.07) is 11.6. The highest BCUT2D eigenvalue weighted by atomic mass is 16.5. The van der Waals surface area contributed by atoms with Gasteiger partial charge in [-0.25, -0.2) is 0 Å². The van der Waals surface area contributed by atoms with Crippen LogP contribution in [0.2, 0.25) is 0 Å². The molecule has 0 aromatic heterocycles. The fraction of sp³-hybridized carbons (Fsp3) is 0.360. The minimum atomic E-state index is -0.804. The molecule has 7 nitrogen and oxygen atoms in total. The summed E-state index contributed by atoms with van der Waals surface area (Å²) in [4.78, 5) is 27.8. The molecule has 2 atom stereocenters. The fourth-order valence-electron chi connectivity index (χ4n) is 4.31. The Balaban J connectivity index is 1.87. The Labute approximate surface area is 187 Å². The molecular formula is C25H27NO6. The lowest BCUT2D eigenvalue weighted by Crippen LogP contribution is -2.36. The van der Waals surface area contributed by atoms with Crippen LogP contribution < -0.4 is 9.47 Å². The van der Waals surface area contributed by atoms with Crippen LogP contribution in [-0.4, -0.2) is 55.2 Å². The van der Waals surface area contributed by atoms with Crippen LogP contribution in [0.4, 0.5) is 0 Å². The average molecular weight is 437 g/mol. The molecule has 2 heterocycles. The van der Waals surface area contributed by atoms with Gasteiger partial charge in [-0.1, -0.05) is 29.8 Å². The standard InChI is InChI=1S/C25H27NO6/c1-15-6-8-16(9-7-15)23(27)21-22(19-11-10-17(30-2)13-20(19)31-3)26(25(29)24(21)28)14-18-5-4-12-32-18/h6-11,13,18,22,27H,4-5,12,14H2,1-3H3/t18-,22-/m0/s1. The number of carbonyl (C=O) groups is 2. The predicted octanol–water partition coefficient (Wildman–Crippen LogP) is 3.61. The lowest BCUT2D eigenvalue weighted by Gasteiger charge is -2.28. The van der Waals surface area contributed by atoms with Crippen molar-refractivity contribution in [2.24, 2.45) is 0 Å². The number of rotatable bonds is 6. The van der Waals surface area contributed by atoms with Crippen molar-refractivity contribution < 1.29 is 28.9 Å². The van der Waals surface area contributed by atoms with Crippen LogP contribution in [0.5, 0.6) is 11.5 Å². The molecule has 0 bridgehead atoms. The second-order valence-electron chi connectivity index (χ2n) is 8.06. The maximum absolute atomic E-state index is 13.2. The molecule has 0 aliphatic carbocycles. The van der Waals surface area contributed by atoms with E-state index in [1.54, 1.807) is 37.4 Å². The van der Waals surface area contributed by atoms with E-state index in [0.29, 0.717) is 29.2 Å². The molecule has 2 aromatic rings. The molecule has 0 spiro atoms. The van der Waals surface area contributed by atoms with Crippen LogP contribution in [0.15, 0.2) is 48.0 Å². The van der Waals surface area contributed by atoms with E-state index < -0.39 is 17.7 Å². The van der Waals surface area contributed by atoms with Gasteiger partial charge in [0.15, 0.2) is 0 Å². The Bertz CT molecular complexity index is 1050. The number of carbonyl (C=O) groups excluding carboxylic acids is 2. The number of Topliss-reactive ketones (excluding diaryl/α,β-unsaturated/α-hetero) is 1. The van der Waals surface area contributed by atoms with Gasteiger partial charge in [0.25, 0.3) is 11.7 Å². The van der Waals surface area contributed by atoms with Crippen LogP contribution in [0.25, 0.3) is 5.76 Å². The van der Waals surface area contributed by atoms with Crippen molar-refractivity contribution in [3.63, 3.8) is 0 Å².